The van der Waals surface area contributed by atoms with Gasteiger partial charge in [-0.1, -0.05) is 261 Å². The molecule has 0 saturated carbocycles. The Morgan fingerprint density at radius 2 is 0.684 bits per heavy atom. The summed E-state index contributed by atoms with van der Waals surface area (Å²) in [5.41, 5.74) is 16.2. The second kappa shape index (κ2) is 20.5. The Morgan fingerprint density at radius 3 is 1.27 bits per heavy atom. The van der Waals surface area contributed by atoms with Crippen LogP contribution in [0.3, 0.4) is 0 Å². The van der Waals surface area contributed by atoms with Crippen LogP contribution in [0.2, 0.25) is 0 Å². The first-order chi connectivity index (χ1) is 39.2. The second-order valence-corrected chi connectivity index (χ2v) is 24.2. The first kappa shape index (κ1) is 47.4. The molecule has 79 heavy (non-hydrogen) atoms. The highest BCUT2D eigenvalue weighted by molar-refractivity contribution is 7.19. The van der Waals surface area contributed by atoms with Crippen molar-refractivity contribution in [3.63, 3.8) is 0 Å². The van der Waals surface area contributed by atoms with Crippen molar-refractivity contribution in [3.8, 4) is 50.2 Å². The third kappa shape index (κ3) is 8.54. The normalized spacial score (nSPS) is 11.5. The average Bonchev–Trinajstić information content (AvgIpc) is 3.96. The monoisotopic (exact) mass is 1020 g/mol. The number of nitrogens with zero attached hydrogens (tertiary/aromatic N) is 2. The molecule has 0 spiro atoms. The lowest BCUT2D eigenvalue weighted by molar-refractivity contribution is 1.18. The topological polar surface area (TPSA) is 8.17 Å². The molecule has 0 radical (unpaired) electrons. The zero-order valence-electron chi connectivity index (χ0n) is 43.6. The molecule has 0 bridgehead atoms. The minimum absolute atomic E-state index is 1.07. The fourth-order valence-electron chi connectivity index (χ4n) is 12.3. The minimum atomic E-state index is -2.85. The minimum Gasteiger partial charge on any atom is -0.311 e. The molecule has 0 saturated heterocycles. The van der Waals surface area contributed by atoms with Gasteiger partial charge in [-0.3, -0.25) is 0 Å². The lowest BCUT2D eigenvalue weighted by atomic mass is 9.97. The highest BCUT2D eigenvalue weighted by Gasteiger charge is 2.41. The molecule has 0 atom stereocenters. The zero-order chi connectivity index (χ0) is 52.5. The summed E-state index contributed by atoms with van der Waals surface area (Å²) in [4.78, 5) is 2.44. The third-order valence-corrected chi connectivity index (χ3v) is 20.7. The van der Waals surface area contributed by atoms with E-state index in [-0.39, 0.29) is 0 Å². The summed E-state index contributed by atoms with van der Waals surface area (Å²) in [5.74, 6) is 0. The lowest BCUT2D eigenvalue weighted by Crippen LogP contribution is -2.74. The summed E-state index contributed by atoms with van der Waals surface area (Å²) in [7, 11) is -2.85. The molecule has 0 fully saturated rings. The fraction of sp³-hybridized carbons (Fsp3) is 0. The first-order valence-corrected chi connectivity index (χ1v) is 29.2. The predicted molar refractivity (Wildman–Crippen MR) is 338 cm³/mol. The van der Waals surface area contributed by atoms with E-state index in [4.69, 9.17) is 0 Å². The van der Waals surface area contributed by atoms with Crippen molar-refractivity contribution >= 4 is 78.5 Å². The van der Waals surface area contributed by atoms with Crippen LogP contribution in [-0.4, -0.2) is 12.6 Å². The molecule has 0 N–H and O–H groups in total. The van der Waals surface area contributed by atoms with Gasteiger partial charge in [0.2, 0.25) is 0 Å². The van der Waals surface area contributed by atoms with E-state index in [1.54, 1.807) is 0 Å². The van der Waals surface area contributed by atoms with Gasteiger partial charge in [0.1, 0.15) is 0 Å². The van der Waals surface area contributed by atoms with Crippen molar-refractivity contribution in [2.24, 2.45) is 0 Å². The van der Waals surface area contributed by atoms with E-state index < -0.39 is 8.07 Å². The van der Waals surface area contributed by atoms with Crippen LogP contribution in [0.25, 0.3) is 82.8 Å². The van der Waals surface area contributed by atoms with Crippen LogP contribution in [0.15, 0.2) is 328 Å². The number of anilines is 3. The largest absolute Gasteiger partial charge is 0.311 e. The first-order valence-electron chi connectivity index (χ1n) is 27.2. The quantitative estimate of drug-likeness (QED) is 0.0875. The average molecular weight is 1020 g/mol. The Balaban J connectivity index is 0.930. The Morgan fingerprint density at radius 1 is 0.253 bits per heavy atom. The molecular formula is C76H54N2Si. The summed E-state index contributed by atoms with van der Waals surface area (Å²) < 4.78 is 2.46. The van der Waals surface area contributed by atoms with Crippen molar-refractivity contribution in [3.05, 3.63) is 328 Å². The van der Waals surface area contributed by atoms with Crippen LogP contribution in [0, 0.1) is 0 Å². The maximum atomic E-state index is 2.47. The van der Waals surface area contributed by atoms with Gasteiger partial charge in [0.05, 0.1) is 11.0 Å². The van der Waals surface area contributed by atoms with Crippen molar-refractivity contribution < 1.29 is 0 Å². The smallest absolute Gasteiger partial charge is 0.179 e. The van der Waals surface area contributed by atoms with Crippen LogP contribution in [0.1, 0.15) is 0 Å². The SMILES string of the molecule is c1ccc(-c2cc(-c3ccccc3)cc(-n3c4ccccc4c4c(-c5ccc(N(c6ccc(-c7cccc8ccccc78)cc6)c6cccc([Si](c7ccccc7)(c7ccccc7)c7ccccc7)c6)cc5)cccc43)c2)cc1. The van der Waals surface area contributed by atoms with Crippen molar-refractivity contribution in [1.29, 1.82) is 0 Å². The van der Waals surface area contributed by atoms with Gasteiger partial charge >= 0.3 is 0 Å². The fourth-order valence-corrected chi connectivity index (χ4v) is 17.1. The molecule has 372 valence electrons. The molecule has 2 nitrogen and oxygen atoms in total. The highest BCUT2D eigenvalue weighted by Crippen LogP contribution is 2.42. The van der Waals surface area contributed by atoms with Gasteiger partial charge in [-0.25, -0.2) is 0 Å². The summed E-state index contributed by atoms with van der Waals surface area (Å²) in [6.07, 6.45) is 0. The number of rotatable bonds is 12. The van der Waals surface area contributed by atoms with Crippen molar-refractivity contribution in [2.75, 3.05) is 4.90 Å². The molecule has 14 rings (SSSR count). The van der Waals surface area contributed by atoms with Gasteiger partial charge in [-0.2, -0.15) is 0 Å². The molecular weight excluding hydrogens is 969 g/mol. The Bertz CT molecular complexity index is 4280. The number of aromatic nitrogens is 1. The summed E-state index contributed by atoms with van der Waals surface area (Å²) >= 11 is 0. The maximum absolute atomic E-state index is 2.85. The lowest BCUT2D eigenvalue weighted by Gasteiger charge is -2.35. The standard InChI is InChI=1S/C76H54N2Si/c1-6-23-55(24-7-1)60-51-61(56-25-8-2-9-26-56)53-65(52-60)78-74-41-19-18-38-73(74)76-72(40-22-42-75(76)78)59-45-49-63(50-46-59)77(62-47-43-58(44-48-62)71-39-20-28-57-27-16-17-37-70(57)71)64-29-21-36-69(54-64)79(66-30-10-3-11-31-66,67-32-12-4-13-33-67)68-34-14-5-15-35-68/h1-54H. The molecule has 3 heteroatoms. The number of hydrogen-bond donors (Lipinski definition) is 0. The second-order valence-electron chi connectivity index (χ2n) is 20.4. The summed E-state index contributed by atoms with van der Waals surface area (Å²) in [6.45, 7) is 0. The van der Waals surface area contributed by atoms with Crippen LogP contribution in [0.4, 0.5) is 17.1 Å². The zero-order valence-corrected chi connectivity index (χ0v) is 44.6. The van der Waals surface area contributed by atoms with Crippen molar-refractivity contribution in [1.82, 2.24) is 4.57 Å². The Hall–Kier alpha value is -10.1. The van der Waals surface area contributed by atoms with E-state index in [1.807, 2.05) is 0 Å². The van der Waals surface area contributed by atoms with Gasteiger partial charge in [0, 0.05) is 33.5 Å². The number of benzene rings is 13. The predicted octanol–water partition coefficient (Wildman–Crippen LogP) is 17.5. The molecule has 0 unspecified atom stereocenters. The molecule has 13 aromatic carbocycles. The Kier molecular flexibility index (Phi) is 12.3. The number of hydrogen-bond acceptors (Lipinski definition) is 1. The molecule has 1 heterocycles. The summed E-state index contributed by atoms with van der Waals surface area (Å²) in [5, 5.41) is 10.3. The number of fused-ring (bicyclic) bond motifs is 4. The highest BCUT2D eigenvalue weighted by atomic mass is 28.3. The molecule has 0 aliphatic heterocycles. The van der Waals surface area contributed by atoms with Crippen LogP contribution >= 0.6 is 0 Å². The van der Waals surface area contributed by atoms with Crippen LogP contribution < -0.4 is 25.6 Å². The van der Waals surface area contributed by atoms with E-state index in [0.29, 0.717) is 0 Å². The van der Waals surface area contributed by atoms with E-state index in [1.165, 1.54) is 92.3 Å². The van der Waals surface area contributed by atoms with E-state index >= 15 is 0 Å². The van der Waals surface area contributed by atoms with Crippen LogP contribution in [-0.2, 0) is 0 Å². The third-order valence-electron chi connectivity index (χ3n) is 15.9. The summed E-state index contributed by atoms with van der Waals surface area (Å²) in [6, 6.07) is 121. The van der Waals surface area contributed by atoms with Gasteiger partial charge < -0.3 is 9.47 Å². The van der Waals surface area contributed by atoms with Crippen LogP contribution in [0.5, 0.6) is 0 Å². The Labute approximate surface area is 463 Å². The van der Waals surface area contributed by atoms with Gasteiger partial charge in [-0.15, -0.1) is 0 Å². The van der Waals surface area contributed by atoms with E-state index in [2.05, 4.69) is 337 Å². The molecule has 0 amide bonds. The molecule has 0 aliphatic rings. The molecule has 0 aliphatic carbocycles. The van der Waals surface area contributed by atoms with E-state index in [0.717, 1.165) is 28.3 Å². The van der Waals surface area contributed by atoms with Gasteiger partial charge in [-0.05, 0) is 143 Å². The van der Waals surface area contributed by atoms with Gasteiger partial charge in [0.15, 0.2) is 8.07 Å². The number of para-hydroxylation sites is 1. The maximum Gasteiger partial charge on any atom is 0.179 e. The van der Waals surface area contributed by atoms with Crippen molar-refractivity contribution in [2.45, 2.75) is 0 Å². The van der Waals surface area contributed by atoms with E-state index in [9.17, 15) is 0 Å². The molecule has 1 aromatic heterocycles. The molecule has 14 aromatic rings. The van der Waals surface area contributed by atoms with Gasteiger partial charge in [0.25, 0.3) is 0 Å².